The highest BCUT2D eigenvalue weighted by Gasteiger charge is 2.47. The third-order valence-electron chi connectivity index (χ3n) is 3.39. The molecule has 0 spiro atoms. The molecule has 78 valence electrons. The van der Waals surface area contributed by atoms with Crippen molar-refractivity contribution in [1.82, 2.24) is 4.90 Å². The van der Waals surface area contributed by atoms with Crippen molar-refractivity contribution < 1.29 is 9.18 Å². The van der Waals surface area contributed by atoms with Gasteiger partial charge in [-0.25, -0.2) is 4.39 Å². The minimum atomic E-state index is -0.974. The Balaban J connectivity index is 1.91. The molecule has 0 aromatic heterocycles. The number of hydrogen-bond donors (Lipinski definition) is 0. The highest BCUT2D eigenvalue weighted by Crippen LogP contribution is 2.47. The maximum Gasteiger partial charge on any atom is 0.245 e. The van der Waals surface area contributed by atoms with E-state index in [0.29, 0.717) is 25.9 Å². The van der Waals surface area contributed by atoms with Gasteiger partial charge in [-0.3, -0.25) is 4.79 Å². The monoisotopic (exact) mass is 197 g/mol. The Kier molecular flexibility index (Phi) is 2.33. The van der Waals surface area contributed by atoms with E-state index in [1.165, 1.54) is 6.08 Å². The summed E-state index contributed by atoms with van der Waals surface area (Å²) in [5.74, 6) is 0.214. The van der Waals surface area contributed by atoms with Crippen LogP contribution in [0.15, 0.2) is 12.7 Å². The predicted octanol–water partition coefficient (Wildman–Crippen LogP) is 1.91. The smallest absolute Gasteiger partial charge is 0.245 e. The Morgan fingerprint density at radius 1 is 1.43 bits per heavy atom. The van der Waals surface area contributed by atoms with Crippen LogP contribution in [0, 0.1) is 5.92 Å². The molecular weight excluding hydrogens is 181 g/mol. The molecule has 1 amide bonds. The summed E-state index contributed by atoms with van der Waals surface area (Å²) in [6, 6.07) is 0. The fourth-order valence-corrected chi connectivity index (χ4v) is 2.24. The number of piperidine rings is 1. The van der Waals surface area contributed by atoms with Crippen LogP contribution in [0.3, 0.4) is 0 Å². The van der Waals surface area contributed by atoms with Crippen molar-refractivity contribution in [2.24, 2.45) is 5.92 Å². The molecule has 3 heteroatoms. The maximum atomic E-state index is 14.1. The minimum absolute atomic E-state index is 0.0668. The van der Waals surface area contributed by atoms with Crippen molar-refractivity contribution in [2.75, 3.05) is 13.1 Å². The van der Waals surface area contributed by atoms with Crippen LogP contribution in [0.25, 0.3) is 0 Å². The van der Waals surface area contributed by atoms with Gasteiger partial charge in [-0.1, -0.05) is 6.58 Å². The van der Waals surface area contributed by atoms with Crippen molar-refractivity contribution in [3.8, 4) is 0 Å². The molecule has 0 N–H and O–H groups in total. The van der Waals surface area contributed by atoms with E-state index in [-0.39, 0.29) is 11.8 Å². The molecule has 2 aliphatic rings. The predicted molar refractivity (Wildman–Crippen MR) is 52.6 cm³/mol. The van der Waals surface area contributed by atoms with Crippen LogP contribution in [-0.2, 0) is 4.79 Å². The molecule has 2 fully saturated rings. The van der Waals surface area contributed by atoms with Crippen LogP contribution < -0.4 is 0 Å². The molecule has 0 aromatic rings. The third-order valence-corrected chi connectivity index (χ3v) is 3.39. The van der Waals surface area contributed by atoms with Crippen LogP contribution in [-0.4, -0.2) is 29.6 Å². The fraction of sp³-hybridized carbons (Fsp3) is 0.727. The summed E-state index contributed by atoms with van der Waals surface area (Å²) >= 11 is 0. The molecular formula is C11H16FNO. The number of carbonyl (C=O) groups is 1. The Morgan fingerprint density at radius 2 is 2.00 bits per heavy atom. The largest absolute Gasteiger partial charge is 0.339 e. The van der Waals surface area contributed by atoms with E-state index in [2.05, 4.69) is 6.58 Å². The Hall–Kier alpha value is -0.860. The van der Waals surface area contributed by atoms with E-state index in [1.54, 1.807) is 4.90 Å². The van der Waals surface area contributed by atoms with E-state index in [0.717, 1.165) is 12.8 Å². The summed E-state index contributed by atoms with van der Waals surface area (Å²) in [6.45, 7) is 4.54. The Bertz CT molecular complexity index is 252. The van der Waals surface area contributed by atoms with Gasteiger partial charge in [0, 0.05) is 13.1 Å². The van der Waals surface area contributed by atoms with Crippen LogP contribution in [0.2, 0.25) is 0 Å². The molecule has 0 atom stereocenters. The van der Waals surface area contributed by atoms with Crippen molar-refractivity contribution in [3.63, 3.8) is 0 Å². The number of hydrogen-bond acceptors (Lipinski definition) is 1. The van der Waals surface area contributed by atoms with Crippen molar-refractivity contribution in [2.45, 2.75) is 31.4 Å². The van der Waals surface area contributed by atoms with Gasteiger partial charge >= 0.3 is 0 Å². The molecule has 1 saturated carbocycles. The number of rotatable bonds is 2. The molecule has 1 saturated heterocycles. The number of amides is 1. The molecule has 2 nitrogen and oxygen atoms in total. The first-order chi connectivity index (χ1) is 6.65. The zero-order chi connectivity index (χ0) is 10.2. The lowest BCUT2D eigenvalue weighted by atomic mass is 9.88. The maximum absolute atomic E-state index is 14.1. The molecule has 1 aliphatic heterocycles. The molecule has 0 unspecified atom stereocenters. The highest BCUT2D eigenvalue weighted by atomic mass is 19.1. The van der Waals surface area contributed by atoms with Crippen molar-refractivity contribution in [3.05, 3.63) is 12.7 Å². The molecule has 1 heterocycles. The van der Waals surface area contributed by atoms with E-state index in [9.17, 15) is 9.18 Å². The number of nitrogens with zero attached hydrogens (tertiary/aromatic N) is 1. The summed E-state index contributed by atoms with van der Waals surface area (Å²) in [5, 5.41) is 0. The third kappa shape index (κ3) is 1.68. The number of alkyl halides is 1. The van der Waals surface area contributed by atoms with E-state index < -0.39 is 5.67 Å². The number of halogens is 1. The van der Waals surface area contributed by atoms with Gasteiger partial charge in [0.25, 0.3) is 0 Å². The second kappa shape index (κ2) is 3.37. The van der Waals surface area contributed by atoms with Gasteiger partial charge in [-0.15, -0.1) is 0 Å². The number of carbonyl (C=O) groups excluding carboxylic acids is 1. The molecule has 0 aromatic carbocycles. The molecule has 2 rings (SSSR count). The average Bonchev–Trinajstić information content (AvgIpc) is 3.01. The zero-order valence-corrected chi connectivity index (χ0v) is 8.34. The summed E-state index contributed by atoms with van der Waals surface area (Å²) in [6.07, 6.45) is 4.40. The minimum Gasteiger partial charge on any atom is -0.339 e. The van der Waals surface area contributed by atoms with E-state index in [4.69, 9.17) is 0 Å². The molecule has 0 bridgehead atoms. The van der Waals surface area contributed by atoms with Gasteiger partial charge in [0.2, 0.25) is 5.91 Å². The summed E-state index contributed by atoms with van der Waals surface area (Å²) in [7, 11) is 0. The second-order valence-electron chi connectivity index (χ2n) is 4.34. The van der Waals surface area contributed by atoms with Gasteiger partial charge < -0.3 is 4.90 Å². The lowest BCUT2D eigenvalue weighted by Gasteiger charge is -2.36. The van der Waals surface area contributed by atoms with E-state index in [1.807, 2.05) is 0 Å². The zero-order valence-electron chi connectivity index (χ0n) is 8.34. The fourth-order valence-electron chi connectivity index (χ4n) is 2.24. The molecule has 14 heavy (non-hydrogen) atoms. The molecule has 0 radical (unpaired) electrons. The first-order valence-electron chi connectivity index (χ1n) is 5.26. The Labute approximate surface area is 83.8 Å². The lowest BCUT2D eigenvalue weighted by Crippen LogP contribution is -2.45. The summed E-state index contributed by atoms with van der Waals surface area (Å²) < 4.78 is 14.1. The van der Waals surface area contributed by atoms with Crippen LogP contribution in [0.5, 0.6) is 0 Å². The Morgan fingerprint density at radius 3 is 2.43 bits per heavy atom. The number of likely N-dealkylation sites (tertiary alicyclic amines) is 1. The SMILES string of the molecule is C=CC(=O)N1CCC(F)(C2CC2)CC1. The van der Waals surface area contributed by atoms with Gasteiger partial charge in [0.15, 0.2) is 0 Å². The summed E-state index contributed by atoms with van der Waals surface area (Å²) in [5.41, 5.74) is -0.974. The van der Waals surface area contributed by atoms with Crippen LogP contribution in [0.4, 0.5) is 4.39 Å². The normalized spacial score (nSPS) is 25.9. The standard InChI is InChI=1S/C11H16FNO/c1-2-10(14)13-7-5-11(12,6-8-13)9-3-4-9/h2,9H,1,3-8H2. The van der Waals surface area contributed by atoms with Gasteiger partial charge in [-0.05, 0) is 37.7 Å². The summed E-state index contributed by atoms with van der Waals surface area (Å²) in [4.78, 5) is 12.9. The molecule has 1 aliphatic carbocycles. The van der Waals surface area contributed by atoms with Crippen molar-refractivity contribution >= 4 is 5.91 Å². The first-order valence-corrected chi connectivity index (χ1v) is 5.26. The second-order valence-corrected chi connectivity index (χ2v) is 4.34. The van der Waals surface area contributed by atoms with E-state index >= 15 is 0 Å². The van der Waals surface area contributed by atoms with Gasteiger partial charge in [0.05, 0.1) is 0 Å². The topological polar surface area (TPSA) is 20.3 Å². The average molecular weight is 197 g/mol. The highest BCUT2D eigenvalue weighted by molar-refractivity contribution is 5.87. The quantitative estimate of drug-likeness (QED) is 0.619. The van der Waals surface area contributed by atoms with Gasteiger partial charge in [0.1, 0.15) is 5.67 Å². The lowest BCUT2D eigenvalue weighted by molar-refractivity contribution is -0.128. The van der Waals surface area contributed by atoms with Crippen LogP contribution >= 0.6 is 0 Å². The van der Waals surface area contributed by atoms with Crippen LogP contribution in [0.1, 0.15) is 25.7 Å². The first kappa shape index (κ1) is 9.69. The van der Waals surface area contributed by atoms with Crippen molar-refractivity contribution in [1.29, 1.82) is 0 Å². The van der Waals surface area contributed by atoms with Gasteiger partial charge in [-0.2, -0.15) is 0 Å².